The van der Waals surface area contributed by atoms with Gasteiger partial charge in [-0.05, 0) is 18.9 Å². The van der Waals surface area contributed by atoms with E-state index in [1.54, 1.807) is 6.20 Å². The molecule has 0 aliphatic heterocycles. The summed E-state index contributed by atoms with van der Waals surface area (Å²) < 4.78 is 2.04. The van der Waals surface area contributed by atoms with Crippen molar-refractivity contribution in [2.45, 2.75) is 31.9 Å². The van der Waals surface area contributed by atoms with E-state index in [2.05, 4.69) is 11.9 Å². The standard InChI is InChI=1S/C15H19ClN2O/c1-2-18-11-10-17-14(18)12-15(19,8-9-16)13-6-4-3-5-7-13/h3-7,10-11,19H,2,8-9,12H2,1H3. The molecule has 0 aliphatic carbocycles. The van der Waals surface area contributed by atoms with Gasteiger partial charge in [0, 0.05) is 31.2 Å². The lowest BCUT2D eigenvalue weighted by molar-refractivity contribution is 0.0308. The number of alkyl halides is 1. The molecule has 0 saturated heterocycles. The predicted octanol–water partition coefficient (Wildman–Crippen LogP) is 2.96. The van der Waals surface area contributed by atoms with E-state index in [4.69, 9.17) is 11.6 Å². The molecule has 0 saturated carbocycles. The molecule has 1 N–H and O–H groups in total. The molecule has 2 rings (SSSR count). The maximum absolute atomic E-state index is 10.9. The average molecular weight is 279 g/mol. The average Bonchev–Trinajstić information content (AvgIpc) is 2.87. The Morgan fingerprint density at radius 3 is 2.68 bits per heavy atom. The van der Waals surface area contributed by atoms with Gasteiger partial charge in [0.1, 0.15) is 5.82 Å². The molecule has 3 nitrogen and oxygen atoms in total. The lowest BCUT2D eigenvalue weighted by Crippen LogP contribution is -2.30. The third-order valence-electron chi connectivity index (χ3n) is 3.41. The van der Waals surface area contributed by atoms with Gasteiger partial charge in [-0.2, -0.15) is 0 Å². The van der Waals surface area contributed by atoms with E-state index in [9.17, 15) is 5.11 Å². The number of hydrogen-bond acceptors (Lipinski definition) is 2. The first-order chi connectivity index (χ1) is 9.19. The zero-order valence-corrected chi connectivity index (χ0v) is 11.8. The van der Waals surface area contributed by atoms with Crippen molar-refractivity contribution in [3.8, 4) is 0 Å². The predicted molar refractivity (Wildman–Crippen MR) is 77.3 cm³/mol. The summed E-state index contributed by atoms with van der Waals surface area (Å²) in [5.41, 5.74) is -0.0670. The minimum Gasteiger partial charge on any atom is -0.385 e. The fourth-order valence-electron chi connectivity index (χ4n) is 2.30. The van der Waals surface area contributed by atoms with Crippen LogP contribution in [0.3, 0.4) is 0 Å². The second kappa shape index (κ2) is 6.22. The Kier molecular flexibility index (Phi) is 4.61. The fourth-order valence-corrected chi connectivity index (χ4v) is 2.61. The van der Waals surface area contributed by atoms with Crippen molar-refractivity contribution >= 4 is 11.6 Å². The normalized spacial score (nSPS) is 14.3. The van der Waals surface area contributed by atoms with Crippen LogP contribution in [0.4, 0.5) is 0 Å². The Morgan fingerprint density at radius 2 is 2.05 bits per heavy atom. The number of aromatic nitrogens is 2. The largest absolute Gasteiger partial charge is 0.385 e. The molecule has 2 aromatic rings. The fraction of sp³-hybridized carbons (Fsp3) is 0.400. The van der Waals surface area contributed by atoms with Crippen LogP contribution in [0.1, 0.15) is 24.7 Å². The highest BCUT2D eigenvalue weighted by Crippen LogP contribution is 2.29. The summed E-state index contributed by atoms with van der Waals surface area (Å²) >= 11 is 5.86. The third kappa shape index (κ3) is 3.17. The molecule has 0 bridgehead atoms. The number of rotatable bonds is 6. The molecular formula is C15H19ClN2O. The lowest BCUT2D eigenvalue weighted by atomic mass is 9.87. The van der Waals surface area contributed by atoms with Crippen LogP contribution in [0.2, 0.25) is 0 Å². The Balaban J connectivity index is 2.30. The van der Waals surface area contributed by atoms with Crippen LogP contribution in [0.25, 0.3) is 0 Å². The van der Waals surface area contributed by atoms with E-state index in [1.807, 2.05) is 41.1 Å². The molecule has 102 valence electrons. The number of hydrogen-bond donors (Lipinski definition) is 1. The molecule has 0 radical (unpaired) electrons. The van der Waals surface area contributed by atoms with Gasteiger partial charge in [0.05, 0.1) is 5.60 Å². The van der Waals surface area contributed by atoms with Gasteiger partial charge in [-0.1, -0.05) is 30.3 Å². The van der Waals surface area contributed by atoms with E-state index < -0.39 is 5.60 Å². The van der Waals surface area contributed by atoms with Crippen LogP contribution < -0.4 is 0 Å². The van der Waals surface area contributed by atoms with Crippen molar-refractivity contribution in [2.75, 3.05) is 5.88 Å². The number of aryl methyl sites for hydroxylation is 1. The molecule has 0 fully saturated rings. The first-order valence-electron chi connectivity index (χ1n) is 6.53. The smallest absolute Gasteiger partial charge is 0.111 e. The Hall–Kier alpha value is -1.32. The van der Waals surface area contributed by atoms with Crippen molar-refractivity contribution in [2.24, 2.45) is 0 Å². The van der Waals surface area contributed by atoms with Crippen molar-refractivity contribution in [1.82, 2.24) is 9.55 Å². The summed E-state index contributed by atoms with van der Waals surface area (Å²) in [6.07, 6.45) is 4.69. The third-order valence-corrected chi connectivity index (χ3v) is 3.60. The van der Waals surface area contributed by atoms with Gasteiger partial charge in [0.15, 0.2) is 0 Å². The number of aliphatic hydroxyl groups is 1. The van der Waals surface area contributed by atoms with Crippen molar-refractivity contribution in [3.05, 3.63) is 54.1 Å². The molecule has 1 unspecified atom stereocenters. The second-order valence-corrected chi connectivity index (χ2v) is 5.02. The van der Waals surface area contributed by atoms with E-state index in [-0.39, 0.29) is 0 Å². The van der Waals surface area contributed by atoms with E-state index in [0.29, 0.717) is 18.7 Å². The summed E-state index contributed by atoms with van der Waals surface area (Å²) in [6.45, 7) is 2.91. The first-order valence-corrected chi connectivity index (χ1v) is 7.07. The van der Waals surface area contributed by atoms with Gasteiger partial charge in [-0.15, -0.1) is 11.6 Å². The maximum atomic E-state index is 10.9. The zero-order chi connectivity index (χ0) is 13.7. The molecule has 0 spiro atoms. The van der Waals surface area contributed by atoms with Gasteiger partial charge in [0.2, 0.25) is 0 Å². The Morgan fingerprint density at radius 1 is 1.32 bits per heavy atom. The van der Waals surface area contributed by atoms with Gasteiger partial charge in [-0.25, -0.2) is 4.98 Å². The summed E-state index contributed by atoms with van der Waals surface area (Å²) in [4.78, 5) is 4.34. The molecule has 1 aromatic carbocycles. The number of nitrogens with zero attached hydrogens (tertiary/aromatic N) is 2. The first kappa shape index (κ1) is 14.1. The monoisotopic (exact) mass is 278 g/mol. The number of halogens is 1. The van der Waals surface area contributed by atoms with Crippen LogP contribution in [0, 0.1) is 0 Å². The Bertz CT molecular complexity index is 512. The van der Waals surface area contributed by atoms with Crippen LogP contribution >= 0.6 is 11.6 Å². The van der Waals surface area contributed by atoms with Crippen molar-refractivity contribution < 1.29 is 5.11 Å². The summed E-state index contributed by atoms with van der Waals surface area (Å²) in [5, 5.41) is 10.9. The minimum absolute atomic E-state index is 0.415. The minimum atomic E-state index is -0.957. The highest BCUT2D eigenvalue weighted by Gasteiger charge is 2.30. The summed E-state index contributed by atoms with van der Waals surface area (Å²) in [6, 6.07) is 9.68. The lowest BCUT2D eigenvalue weighted by Gasteiger charge is -2.28. The quantitative estimate of drug-likeness (QED) is 0.825. The van der Waals surface area contributed by atoms with Gasteiger partial charge < -0.3 is 9.67 Å². The van der Waals surface area contributed by atoms with Crippen LogP contribution in [-0.4, -0.2) is 20.5 Å². The highest BCUT2D eigenvalue weighted by molar-refractivity contribution is 6.17. The molecule has 1 heterocycles. The number of imidazole rings is 1. The summed E-state index contributed by atoms with van der Waals surface area (Å²) in [5.74, 6) is 1.30. The van der Waals surface area contributed by atoms with E-state index >= 15 is 0 Å². The Labute approximate surface area is 118 Å². The van der Waals surface area contributed by atoms with Gasteiger partial charge in [0.25, 0.3) is 0 Å². The SMILES string of the molecule is CCn1ccnc1CC(O)(CCCl)c1ccccc1. The topological polar surface area (TPSA) is 38.0 Å². The van der Waals surface area contributed by atoms with Crippen molar-refractivity contribution in [1.29, 1.82) is 0 Å². The van der Waals surface area contributed by atoms with E-state index in [0.717, 1.165) is 17.9 Å². The van der Waals surface area contributed by atoms with Crippen LogP contribution in [-0.2, 0) is 18.6 Å². The van der Waals surface area contributed by atoms with E-state index in [1.165, 1.54) is 0 Å². The van der Waals surface area contributed by atoms with Crippen LogP contribution in [0.5, 0.6) is 0 Å². The molecule has 4 heteroatoms. The second-order valence-electron chi connectivity index (χ2n) is 4.64. The highest BCUT2D eigenvalue weighted by atomic mass is 35.5. The van der Waals surface area contributed by atoms with Gasteiger partial charge >= 0.3 is 0 Å². The number of benzene rings is 1. The molecule has 19 heavy (non-hydrogen) atoms. The summed E-state index contributed by atoms with van der Waals surface area (Å²) in [7, 11) is 0. The molecular weight excluding hydrogens is 260 g/mol. The van der Waals surface area contributed by atoms with Gasteiger partial charge in [-0.3, -0.25) is 0 Å². The molecule has 1 aromatic heterocycles. The van der Waals surface area contributed by atoms with Crippen molar-refractivity contribution in [3.63, 3.8) is 0 Å². The zero-order valence-electron chi connectivity index (χ0n) is 11.1. The van der Waals surface area contributed by atoms with Crippen LogP contribution in [0.15, 0.2) is 42.7 Å². The molecule has 1 atom stereocenters. The molecule has 0 aliphatic rings. The molecule has 0 amide bonds. The maximum Gasteiger partial charge on any atom is 0.111 e.